The molecule has 3 aromatic rings. The van der Waals surface area contributed by atoms with Gasteiger partial charge in [0.2, 0.25) is 0 Å². The fraction of sp³-hybridized carbons (Fsp3) is 0.207. The highest BCUT2D eigenvalue weighted by Gasteiger charge is 2.58. The number of ether oxygens (including phenoxy) is 2. The second-order valence-electron chi connectivity index (χ2n) is 9.02. The lowest BCUT2D eigenvalue weighted by atomic mass is 9.90. The lowest BCUT2D eigenvalue weighted by Crippen LogP contribution is -2.72. The Morgan fingerprint density at radius 2 is 1.58 bits per heavy atom. The van der Waals surface area contributed by atoms with Gasteiger partial charge in [0, 0.05) is 0 Å². The third-order valence-electron chi connectivity index (χ3n) is 6.38. The topological polar surface area (TPSA) is 76.2 Å². The Labute approximate surface area is 209 Å². The minimum absolute atomic E-state index is 0.134. The van der Waals surface area contributed by atoms with Crippen LogP contribution < -0.4 is 4.74 Å². The Hall–Kier alpha value is -4.39. The average molecular weight is 483 g/mol. The number of nitrogens with zero attached hydrogens (tertiary/aromatic N) is 2. The maximum Gasteiger partial charge on any atom is 0.422 e. The first-order valence-corrected chi connectivity index (χ1v) is 11.8. The molecule has 7 nitrogen and oxygen atoms in total. The van der Waals surface area contributed by atoms with Crippen LogP contribution in [0.2, 0.25) is 0 Å². The molecule has 2 saturated heterocycles. The number of para-hydroxylation sites is 1. The van der Waals surface area contributed by atoms with Crippen LogP contribution in [0.4, 0.5) is 9.59 Å². The van der Waals surface area contributed by atoms with E-state index in [-0.39, 0.29) is 6.61 Å². The summed E-state index contributed by atoms with van der Waals surface area (Å²) in [6, 6.07) is 22.1. The molecule has 3 amide bonds. The van der Waals surface area contributed by atoms with Crippen molar-refractivity contribution in [3.8, 4) is 5.75 Å². The second-order valence-corrected chi connectivity index (χ2v) is 9.02. The molecule has 182 valence electrons. The van der Waals surface area contributed by atoms with Crippen molar-refractivity contribution >= 4 is 24.2 Å². The first kappa shape index (κ1) is 23.4. The van der Waals surface area contributed by atoms with Crippen LogP contribution in [0, 0.1) is 13.8 Å². The number of amides is 3. The smallest absolute Gasteiger partial charge is 0.422 e. The second kappa shape index (κ2) is 9.70. The maximum absolute atomic E-state index is 13.4. The first-order chi connectivity index (χ1) is 17.4. The Bertz CT molecular complexity index is 1300. The predicted octanol–water partition coefficient (Wildman–Crippen LogP) is 5.29. The molecule has 0 saturated carbocycles. The van der Waals surface area contributed by atoms with Crippen molar-refractivity contribution in [2.24, 2.45) is 0 Å². The van der Waals surface area contributed by atoms with E-state index in [4.69, 9.17) is 9.47 Å². The first-order valence-electron chi connectivity index (χ1n) is 11.8. The molecule has 0 N–H and O–H groups in total. The molecule has 0 aromatic heterocycles. The third-order valence-corrected chi connectivity index (χ3v) is 6.38. The van der Waals surface area contributed by atoms with E-state index in [2.05, 4.69) is 6.07 Å². The van der Waals surface area contributed by atoms with Crippen molar-refractivity contribution in [3.05, 3.63) is 107 Å². The molecule has 36 heavy (non-hydrogen) atoms. The monoisotopic (exact) mass is 482 g/mol. The standard InChI is InChI=1S/C29H26N2O5/c1-19-15-20(2)17-21(16-19)13-14-24-26(27(32)31(24)29(34)36-23-11-7-4-8-12-23)30-25(18-35-28(30)33)22-9-5-3-6-10-22/h3-17,24-26H,18H2,1-2H3/b14-13+/t24-,25?,26-/m1/s1. The number of imide groups is 1. The number of aryl methyl sites for hydroxylation is 2. The molecule has 0 bridgehead atoms. The molecule has 2 fully saturated rings. The van der Waals surface area contributed by atoms with Crippen molar-refractivity contribution in [1.82, 2.24) is 9.80 Å². The summed E-state index contributed by atoms with van der Waals surface area (Å²) < 4.78 is 10.8. The van der Waals surface area contributed by atoms with E-state index in [0.717, 1.165) is 27.2 Å². The average Bonchev–Trinajstić information content (AvgIpc) is 3.22. The molecule has 0 aliphatic carbocycles. The molecule has 2 aliphatic heterocycles. The fourth-order valence-corrected chi connectivity index (χ4v) is 4.81. The van der Waals surface area contributed by atoms with Gasteiger partial charge in [-0.05, 0) is 37.1 Å². The third kappa shape index (κ3) is 4.47. The fourth-order valence-electron chi connectivity index (χ4n) is 4.81. The summed E-state index contributed by atoms with van der Waals surface area (Å²) in [4.78, 5) is 41.7. The Kier molecular flexibility index (Phi) is 6.29. The van der Waals surface area contributed by atoms with Gasteiger partial charge in [0.1, 0.15) is 18.4 Å². The predicted molar refractivity (Wildman–Crippen MR) is 134 cm³/mol. The highest BCUT2D eigenvalue weighted by molar-refractivity contribution is 6.04. The van der Waals surface area contributed by atoms with Gasteiger partial charge in [-0.1, -0.05) is 90.0 Å². The molecule has 0 radical (unpaired) electrons. The van der Waals surface area contributed by atoms with Gasteiger partial charge in [-0.2, -0.15) is 0 Å². The molecule has 3 aromatic carbocycles. The number of carbonyl (C=O) groups is 3. The zero-order valence-electron chi connectivity index (χ0n) is 20.0. The number of rotatable bonds is 5. The summed E-state index contributed by atoms with van der Waals surface area (Å²) in [6.07, 6.45) is 2.27. The summed E-state index contributed by atoms with van der Waals surface area (Å²) >= 11 is 0. The highest BCUT2D eigenvalue weighted by atomic mass is 16.6. The van der Waals surface area contributed by atoms with Gasteiger partial charge in [-0.15, -0.1) is 0 Å². The van der Waals surface area contributed by atoms with Gasteiger partial charge >= 0.3 is 12.2 Å². The molecule has 5 rings (SSSR count). The summed E-state index contributed by atoms with van der Waals surface area (Å²) in [6.45, 7) is 4.15. The Balaban J connectivity index is 1.47. The number of β-lactam (4-membered cyclic amide) rings is 1. The quantitative estimate of drug-likeness (QED) is 0.462. The van der Waals surface area contributed by atoms with Crippen LogP contribution in [0.15, 0.2) is 84.9 Å². The van der Waals surface area contributed by atoms with Crippen molar-refractivity contribution < 1.29 is 23.9 Å². The van der Waals surface area contributed by atoms with E-state index in [1.165, 1.54) is 4.90 Å². The molecule has 2 aliphatic rings. The largest absolute Gasteiger partial charge is 0.447 e. The number of cyclic esters (lactones) is 1. The number of likely N-dealkylation sites (tertiary alicyclic amines) is 1. The number of carbonyl (C=O) groups excluding carboxylic acids is 3. The van der Waals surface area contributed by atoms with Gasteiger partial charge in [0.15, 0.2) is 0 Å². The minimum Gasteiger partial charge on any atom is -0.447 e. The van der Waals surface area contributed by atoms with E-state index in [1.54, 1.807) is 36.4 Å². The van der Waals surface area contributed by atoms with Gasteiger partial charge in [-0.25, -0.2) is 14.5 Å². The van der Waals surface area contributed by atoms with Crippen molar-refractivity contribution in [1.29, 1.82) is 0 Å². The van der Waals surface area contributed by atoms with Gasteiger partial charge in [0.05, 0.1) is 12.1 Å². The van der Waals surface area contributed by atoms with Crippen LogP contribution in [-0.2, 0) is 9.53 Å². The van der Waals surface area contributed by atoms with Crippen molar-refractivity contribution in [2.45, 2.75) is 32.0 Å². The SMILES string of the molecule is Cc1cc(C)cc(/C=C/[C@@H]2[C@@H](N3C(=O)OCC3c3ccccc3)C(=O)N2C(=O)Oc2ccccc2)c1. The number of hydrogen-bond acceptors (Lipinski definition) is 5. The zero-order chi connectivity index (χ0) is 25.2. The van der Waals surface area contributed by atoms with Crippen LogP contribution in [0.25, 0.3) is 6.08 Å². The lowest BCUT2D eigenvalue weighted by molar-refractivity contribution is -0.150. The zero-order valence-corrected chi connectivity index (χ0v) is 20.0. The van der Waals surface area contributed by atoms with Gasteiger partial charge in [0.25, 0.3) is 5.91 Å². The van der Waals surface area contributed by atoms with Gasteiger partial charge in [-0.3, -0.25) is 9.69 Å². The van der Waals surface area contributed by atoms with E-state index in [9.17, 15) is 14.4 Å². The van der Waals surface area contributed by atoms with Crippen LogP contribution in [0.5, 0.6) is 5.75 Å². The number of hydrogen-bond donors (Lipinski definition) is 0. The molecule has 3 atom stereocenters. The van der Waals surface area contributed by atoms with Crippen molar-refractivity contribution in [2.75, 3.05) is 6.61 Å². The van der Waals surface area contributed by atoms with Crippen LogP contribution in [0.3, 0.4) is 0 Å². The van der Waals surface area contributed by atoms with Crippen molar-refractivity contribution in [3.63, 3.8) is 0 Å². The Morgan fingerprint density at radius 1 is 0.944 bits per heavy atom. The van der Waals surface area contributed by atoms with Crippen LogP contribution in [0.1, 0.15) is 28.3 Å². The van der Waals surface area contributed by atoms with E-state index in [1.807, 2.05) is 62.4 Å². The lowest BCUT2D eigenvalue weighted by Gasteiger charge is -2.47. The molecule has 7 heteroatoms. The summed E-state index contributed by atoms with van der Waals surface area (Å²) in [5, 5.41) is 0. The van der Waals surface area contributed by atoms with E-state index < -0.39 is 36.2 Å². The van der Waals surface area contributed by atoms with Crippen LogP contribution in [-0.4, -0.2) is 46.6 Å². The Morgan fingerprint density at radius 3 is 2.25 bits per heavy atom. The molecular weight excluding hydrogens is 456 g/mol. The maximum atomic E-state index is 13.4. The normalized spacial score (nSPS) is 21.4. The highest BCUT2D eigenvalue weighted by Crippen LogP contribution is 2.37. The summed E-state index contributed by atoms with van der Waals surface area (Å²) in [5.41, 5.74) is 4.00. The van der Waals surface area contributed by atoms with Crippen LogP contribution >= 0.6 is 0 Å². The molecule has 2 heterocycles. The van der Waals surface area contributed by atoms with E-state index >= 15 is 0 Å². The van der Waals surface area contributed by atoms with E-state index in [0.29, 0.717) is 5.75 Å². The van der Waals surface area contributed by atoms with Gasteiger partial charge < -0.3 is 9.47 Å². The number of benzene rings is 3. The summed E-state index contributed by atoms with van der Waals surface area (Å²) in [7, 11) is 0. The molecule has 1 unspecified atom stereocenters. The summed E-state index contributed by atoms with van der Waals surface area (Å²) in [5.74, 6) is -0.177. The molecule has 0 spiro atoms. The molecular formula is C29H26N2O5. The minimum atomic E-state index is -0.893.